The lowest BCUT2D eigenvalue weighted by Gasteiger charge is -2.37. The first kappa shape index (κ1) is 62.2. The number of nitrogens with one attached hydrogen (secondary N) is 2. The van der Waals surface area contributed by atoms with Crippen LogP contribution in [0.3, 0.4) is 0 Å². The van der Waals surface area contributed by atoms with Crippen molar-refractivity contribution in [1.29, 1.82) is 0 Å². The van der Waals surface area contributed by atoms with Gasteiger partial charge in [0.25, 0.3) is 0 Å². The Morgan fingerprint density at radius 1 is 0.323 bits per heavy atom. The third-order valence-electron chi connectivity index (χ3n) is 16.8. The topological polar surface area (TPSA) is 85.1 Å². The van der Waals surface area contributed by atoms with Gasteiger partial charge < -0.3 is 24.2 Å². The number of hydrogen-bond donors (Lipinski definition) is 5. The Morgan fingerprint density at radius 3 is 0.806 bits per heavy atom. The molecule has 2 aliphatic heterocycles. The van der Waals surface area contributed by atoms with Crippen LogP contribution in [0.2, 0.25) is 0 Å². The lowest BCUT2D eigenvalue weighted by Crippen LogP contribution is -2.31. The Balaban J connectivity index is 0.958. The summed E-state index contributed by atoms with van der Waals surface area (Å²) < 4.78 is 18.4. The van der Waals surface area contributed by atoms with Crippen LogP contribution in [-0.2, 0) is 22.7 Å². The van der Waals surface area contributed by atoms with Crippen molar-refractivity contribution in [2.24, 2.45) is 0 Å². The first-order valence-corrected chi connectivity index (χ1v) is 33.5. The highest BCUT2D eigenvalue weighted by atomic mass is 32.1. The van der Waals surface area contributed by atoms with E-state index < -0.39 is 5.41 Å². The summed E-state index contributed by atoms with van der Waals surface area (Å²) in [5.41, 5.74) is 23.8. The molecule has 8 bridgehead atoms. The van der Waals surface area contributed by atoms with Gasteiger partial charge in [-0.3, -0.25) is 0 Å². The Hall–Kier alpha value is -9.63. The molecule has 2 N–H and O–H groups in total. The molecule has 10 heteroatoms. The van der Waals surface area contributed by atoms with E-state index in [2.05, 4.69) is 266 Å². The van der Waals surface area contributed by atoms with E-state index in [0.29, 0.717) is 17.3 Å². The molecule has 8 aromatic carbocycles. The summed E-state index contributed by atoms with van der Waals surface area (Å²) in [5.74, 6) is 11.4. The molecule has 0 unspecified atom stereocenters. The van der Waals surface area contributed by atoms with E-state index in [-0.39, 0.29) is 18.3 Å². The summed E-state index contributed by atoms with van der Waals surface area (Å²) in [6.45, 7) is 12.2. The van der Waals surface area contributed by atoms with Gasteiger partial charge in [-0.05, 0) is 212 Å². The molecule has 93 heavy (non-hydrogen) atoms. The third kappa shape index (κ3) is 13.1. The van der Waals surface area contributed by atoms with Gasteiger partial charge in [0, 0.05) is 72.7 Å². The van der Waals surface area contributed by atoms with E-state index in [1.54, 1.807) is 0 Å². The summed E-state index contributed by atoms with van der Waals surface area (Å²) in [6, 6.07) is 77.4. The molecular weight excluding hydrogens is 1200 g/mol. The predicted octanol–water partition coefficient (Wildman–Crippen LogP) is 20.8. The van der Waals surface area contributed by atoms with Gasteiger partial charge in [0.15, 0.2) is 0 Å². The van der Waals surface area contributed by atoms with Crippen LogP contribution in [0.25, 0.3) is 90.9 Å². The zero-order valence-corrected chi connectivity index (χ0v) is 55.6. The molecule has 0 radical (unpaired) electrons. The Labute approximate surface area is 562 Å². The van der Waals surface area contributed by atoms with Crippen LogP contribution in [0.5, 0.6) is 17.2 Å². The first-order chi connectivity index (χ1) is 45.3. The normalized spacial score (nSPS) is 12.0. The molecule has 0 fully saturated rings. The maximum atomic E-state index is 6.15. The van der Waals surface area contributed by atoms with Crippen molar-refractivity contribution >= 4 is 84.3 Å². The highest BCUT2D eigenvalue weighted by molar-refractivity contribution is 7.79. The molecule has 13 rings (SSSR count). The molecule has 2 aliphatic rings. The zero-order chi connectivity index (χ0) is 64.2. The largest absolute Gasteiger partial charge is 0.491 e. The summed E-state index contributed by atoms with van der Waals surface area (Å²) in [5, 5.41) is 0. The van der Waals surface area contributed by atoms with E-state index in [1.165, 1.54) is 0 Å². The number of H-pyrrole nitrogens is 2. The van der Waals surface area contributed by atoms with Crippen LogP contribution in [0.4, 0.5) is 0 Å². The second-order valence-corrected chi connectivity index (χ2v) is 25.2. The molecule has 0 spiro atoms. The van der Waals surface area contributed by atoms with Gasteiger partial charge in [0.1, 0.15) is 17.2 Å². The lowest BCUT2D eigenvalue weighted by molar-refractivity contribution is 0.242. The molecule has 3 aromatic heterocycles. The molecule has 7 nitrogen and oxygen atoms in total. The van der Waals surface area contributed by atoms with Gasteiger partial charge in [-0.2, -0.15) is 37.9 Å². The number of benzene rings is 8. The van der Waals surface area contributed by atoms with Gasteiger partial charge in [-0.1, -0.05) is 145 Å². The minimum Gasteiger partial charge on any atom is -0.491 e. The molecule has 0 amide bonds. The molecule has 0 saturated heterocycles. The van der Waals surface area contributed by atoms with E-state index >= 15 is 0 Å². The summed E-state index contributed by atoms with van der Waals surface area (Å²) >= 11 is 13.8. The highest BCUT2D eigenvalue weighted by Gasteiger charge is 2.38. The average molecular weight is 1270 g/mol. The van der Waals surface area contributed by atoms with Gasteiger partial charge in [-0.25, -0.2) is 9.97 Å². The Morgan fingerprint density at radius 2 is 0.559 bits per heavy atom. The van der Waals surface area contributed by atoms with Gasteiger partial charge in [-0.15, -0.1) is 0 Å². The molecule has 460 valence electrons. The smallest absolute Gasteiger partial charge is 0.119 e. The van der Waals surface area contributed by atoms with Crippen LogP contribution in [-0.4, -0.2) is 38.2 Å². The number of aromatic amines is 2. The second-order valence-electron chi connectivity index (χ2n) is 24.3. The van der Waals surface area contributed by atoms with Crippen LogP contribution in [0.1, 0.15) is 114 Å². The van der Waals surface area contributed by atoms with Crippen molar-refractivity contribution < 1.29 is 14.2 Å². The number of rotatable bonds is 17. The van der Waals surface area contributed by atoms with Crippen molar-refractivity contribution in [3.05, 3.63) is 291 Å². The standard InChI is InChI=1S/C83H72N4O3S3/c1-52(2)88-68-35-21-61(22-36-68)80-73-43-41-71(84-73)79(72-42-44-74(85-72)81(62-23-37-69(38-24-62)89-53(3)4)76-46-48-78(87-76)82(77-47-45-75(80)86-77)63-25-39-70(40-26-63)90-54(5)6)60-19-9-55(10-20-60)7-8-56-11-27-64(28-12-56)83(65-29-13-57(49-91)14-30-65,66-31-15-58(50-92)16-32-66)67-33-17-59(51-93)18-34-67/h9-48,52-54,84,87,91-93H,49-51H2,1-6H3. The van der Waals surface area contributed by atoms with E-state index in [0.717, 1.165) is 157 Å². The minimum absolute atomic E-state index is 0.0297. The van der Waals surface area contributed by atoms with Crippen molar-refractivity contribution in [1.82, 2.24) is 19.9 Å². The molecule has 0 saturated carbocycles. The molecule has 0 atom stereocenters. The molecule has 5 heterocycles. The van der Waals surface area contributed by atoms with Crippen molar-refractivity contribution in [2.45, 2.75) is 82.5 Å². The fourth-order valence-corrected chi connectivity index (χ4v) is 13.2. The van der Waals surface area contributed by atoms with Crippen LogP contribution in [0, 0.1) is 11.8 Å². The number of fused-ring (bicyclic) bond motifs is 8. The number of thiol groups is 3. The van der Waals surface area contributed by atoms with Crippen molar-refractivity contribution in [3.8, 4) is 73.6 Å². The van der Waals surface area contributed by atoms with Crippen molar-refractivity contribution in [2.75, 3.05) is 0 Å². The Kier molecular flexibility index (Phi) is 18.2. The van der Waals surface area contributed by atoms with Crippen LogP contribution >= 0.6 is 37.9 Å². The quantitative estimate of drug-likeness (QED) is 0.0356. The van der Waals surface area contributed by atoms with Gasteiger partial charge >= 0.3 is 0 Å². The zero-order valence-electron chi connectivity index (χ0n) is 52.9. The highest BCUT2D eigenvalue weighted by Crippen LogP contribution is 2.46. The minimum atomic E-state index is -0.641. The van der Waals surface area contributed by atoms with E-state index in [4.69, 9.17) is 24.2 Å². The SMILES string of the molecule is CC(C)Oc1ccc(-c2c3nc(c(-c4ccc(OC(C)C)cc4)c4ccc([nH]4)c(-c4ccc(OC(C)C)cc4)c4nc(c(-c5ccc(C#Cc6ccc(C(c7ccc(CS)cc7)(c7ccc(CS)cc7)c7ccc(CS)cc7)cc6)cc5)c5ccc2[nH]5)C=C4)C=C3)cc1. The monoisotopic (exact) mass is 1270 g/mol. The molecular formula is C83H72N4O3S3. The summed E-state index contributed by atoms with van der Waals surface area (Å²) in [7, 11) is 0. The number of aromatic nitrogens is 4. The lowest BCUT2D eigenvalue weighted by atomic mass is 9.65. The van der Waals surface area contributed by atoms with Crippen molar-refractivity contribution in [3.63, 3.8) is 0 Å². The summed E-state index contributed by atoms with van der Waals surface area (Å²) in [4.78, 5) is 18.9. The fraction of sp³-hybridized carbons (Fsp3) is 0.157. The van der Waals surface area contributed by atoms with Gasteiger partial charge in [0.2, 0.25) is 0 Å². The third-order valence-corrected chi connectivity index (χ3v) is 17.9. The predicted molar refractivity (Wildman–Crippen MR) is 397 cm³/mol. The average Bonchev–Trinajstić information content (AvgIpc) is 1.39. The number of nitrogens with zero attached hydrogens (tertiary/aromatic N) is 2. The first-order valence-electron chi connectivity index (χ1n) is 31.7. The second kappa shape index (κ2) is 27.3. The van der Waals surface area contributed by atoms with Gasteiger partial charge in [0.05, 0.1) is 46.5 Å². The number of ether oxygens (including phenoxy) is 3. The van der Waals surface area contributed by atoms with Crippen LogP contribution in [0.15, 0.2) is 218 Å². The fourth-order valence-electron chi connectivity index (χ4n) is 12.6. The van der Waals surface area contributed by atoms with E-state index in [1.807, 2.05) is 77.9 Å². The number of hydrogen-bond acceptors (Lipinski definition) is 8. The van der Waals surface area contributed by atoms with Crippen LogP contribution < -0.4 is 14.2 Å². The summed E-state index contributed by atoms with van der Waals surface area (Å²) in [6.07, 6.45) is 8.59. The molecule has 0 aliphatic carbocycles. The molecule has 11 aromatic rings. The maximum Gasteiger partial charge on any atom is 0.119 e. The Bertz CT molecular complexity index is 4640. The maximum absolute atomic E-state index is 6.15. The van der Waals surface area contributed by atoms with E-state index in [9.17, 15) is 0 Å².